The summed E-state index contributed by atoms with van der Waals surface area (Å²) in [6, 6.07) is -0.709. The van der Waals surface area contributed by atoms with Crippen LogP contribution in [0.15, 0.2) is 36.5 Å². The minimum absolute atomic E-state index is 0.0588. The van der Waals surface area contributed by atoms with E-state index in [1.807, 2.05) is 0 Å². The Morgan fingerprint density at radius 3 is 1.26 bits per heavy atom. The van der Waals surface area contributed by atoms with Gasteiger partial charge >= 0.3 is 5.97 Å². The zero-order valence-electron chi connectivity index (χ0n) is 41.5. The van der Waals surface area contributed by atoms with Crippen molar-refractivity contribution in [1.29, 1.82) is 0 Å². The third-order valence-electron chi connectivity index (χ3n) is 12.5. The van der Waals surface area contributed by atoms with E-state index in [-0.39, 0.29) is 24.9 Å². The Kier molecular flexibility index (Phi) is 48.5. The lowest BCUT2D eigenvalue weighted by Crippen LogP contribution is -2.46. The van der Waals surface area contributed by atoms with E-state index in [9.17, 15) is 19.8 Å². The molecule has 0 bridgehead atoms. The highest BCUT2D eigenvalue weighted by Crippen LogP contribution is 2.17. The highest BCUT2D eigenvalue weighted by molar-refractivity contribution is 5.77. The fraction of sp³-hybridized carbons (Fsp3) is 0.857. The van der Waals surface area contributed by atoms with E-state index >= 15 is 0 Å². The number of allylic oxidation sites excluding steroid dienone is 6. The van der Waals surface area contributed by atoms with Crippen molar-refractivity contribution < 1.29 is 24.5 Å². The number of rotatable bonds is 49. The summed E-state index contributed by atoms with van der Waals surface area (Å²) in [7, 11) is 0. The van der Waals surface area contributed by atoms with Crippen LogP contribution in [0.1, 0.15) is 284 Å². The maximum absolute atomic E-state index is 13.2. The molecule has 0 rings (SSSR count). The van der Waals surface area contributed by atoms with E-state index in [1.165, 1.54) is 161 Å². The molecule has 0 fully saturated rings. The van der Waals surface area contributed by atoms with Crippen LogP contribution in [0.3, 0.4) is 0 Å². The van der Waals surface area contributed by atoms with Gasteiger partial charge in [-0.1, -0.05) is 231 Å². The third-order valence-corrected chi connectivity index (χ3v) is 12.5. The van der Waals surface area contributed by atoms with Gasteiger partial charge in [0.05, 0.1) is 25.2 Å². The minimum Gasteiger partial charge on any atom is -0.462 e. The van der Waals surface area contributed by atoms with Gasteiger partial charge in [-0.25, -0.2) is 0 Å². The summed E-state index contributed by atoms with van der Waals surface area (Å²) in [5.41, 5.74) is 0. The fourth-order valence-electron chi connectivity index (χ4n) is 8.30. The smallest absolute Gasteiger partial charge is 0.306 e. The van der Waals surface area contributed by atoms with E-state index in [2.05, 4.69) is 62.5 Å². The molecule has 0 aliphatic carbocycles. The van der Waals surface area contributed by atoms with Crippen molar-refractivity contribution in [2.75, 3.05) is 6.61 Å². The van der Waals surface area contributed by atoms with Crippen LogP contribution in [-0.2, 0) is 14.3 Å². The number of aliphatic hydroxyl groups is 2. The molecule has 0 aliphatic rings. The first-order chi connectivity index (χ1) is 30.5. The number of unbranched alkanes of at least 4 members (excludes halogenated alkanes) is 32. The Balaban J connectivity index is 4.63. The molecule has 0 aromatic heterocycles. The maximum Gasteiger partial charge on any atom is 0.306 e. The lowest BCUT2D eigenvalue weighted by Gasteiger charge is -2.24. The Labute approximate surface area is 385 Å². The van der Waals surface area contributed by atoms with Gasteiger partial charge in [0.15, 0.2) is 0 Å². The molecule has 6 nitrogen and oxygen atoms in total. The number of aliphatic hydroxyl groups excluding tert-OH is 2. The van der Waals surface area contributed by atoms with Gasteiger partial charge in [-0.3, -0.25) is 9.59 Å². The SMILES string of the molecule is CCCCCCCCC/C=C/C=C/CCCCCC(=O)OC(CCCCC/C=C/CCCCCCCCCCC)CC(=O)NC(CO)C(O)CCCCCCCCCCCCC. The molecule has 62 heavy (non-hydrogen) atoms. The Morgan fingerprint density at radius 1 is 0.468 bits per heavy atom. The quantitative estimate of drug-likeness (QED) is 0.0245. The Hall–Kier alpha value is -1.92. The molecule has 0 radical (unpaired) electrons. The first-order valence-electron chi connectivity index (χ1n) is 27.2. The summed E-state index contributed by atoms with van der Waals surface area (Å²) in [5, 5.41) is 23.8. The topological polar surface area (TPSA) is 95.9 Å². The summed E-state index contributed by atoms with van der Waals surface area (Å²) in [4.78, 5) is 26.2. The van der Waals surface area contributed by atoms with Crippen LogP contribution in [-0.4, -0.2) is 46.9 Å². The predicted octanol–water partition coefficient (Wildman–Crippen LogP) is 16.5. The molecule has 3 atom stereocenters. The number of carbonyl (C=O) groups is 2. The first-order valence-corrected chi connectivity index (χ1v) is 27.2. The van der Waals surface area contributed by atoms with Gasteiger partial charge in [0.1, 0.15) is 6.10 Å². The average molecular weight is 872 g/mol. The molecule has 0 spiro atoms. The van der Waals surface area contributed by atoms with Crippen LogP contribution in [0.2, 0.25) is 0 Å². The zero-order chi connectivity index (χ0) is 45.2. The standard InChI is InChI=1S/C56H105NO5/c1-4-7-10-13-16-19-22-24-26-28-30-33-35-38-41-44-47-52(62-56(61)49-46-43-40-37-34-31-29-27-25-23-20-17-14-11-8-5-2)50-55(60)57-53(51-58)54(59)48-45-42-39-36-32-21-18-15-12-9-6-3/h27,29-31,33-34,52-54,58-59H,4-26,28,32,35-51H2,1-3H3,(H,57,60)/b29-27+,33-30+,34-31+. The molecule has 3 N–H and O–H groups in total. The average Bonchev–Trinajstić information content (AvgIpc) is 3.26. The largest absolute Gasteiger partial charge is 0.462 e. The summed E-state index contributed by atoms with van der Waals surface area (Å²) < 4.78 is 5.93. The molecule has 0 saturated carbocycles. The number of hydrogen-bond acceptors (Lipinski definition) is 5. The van der Waals surface area contributed by atoms with E-state index in [0.29, 0.717) is 19.3 Å². The Morgan fingerprint density at radius 2 is 0.823 bits per heavy atom. The van der Waals surface area contributed by atoms with Crippen LogP contribution in [0.25, 0.3) is 0 Å². The van der Waals surface area contributed by atoms with Gasteiger partial charge in [-0.2, -0.15) is 0 Å². The van der Waals surface area contributed by atoms with Gasteiger partial charge in [0, 0.05) is 6.42 Å². The predicted molar refractivity (Wildman–Crippen MR) is 269 cm³/mol. The number of ether oxygens (including phenoxy) is 1. The van der Waals surface area contributed by atoms with Crippen LogP contribution in [0.5, 0.6) is 0 Å². The second kappa shape index (κ2) is 50.1. The second-order valence-corrected chi connectivity index (χ2v) is 18.7. The van der Waals surface area contributed by atoms with Crippen molar-refractivity contribution in [3.8, 4) is 0 Å². The minimum atomic E-state index is -0.794. The third kappa shape index (κ3) is 44.7. The normalized spacial score (nSPS) is 13.4. The number of carbonyl (C=O) groups excluding carboxylic acids is 2. The van der Waals surface area contributed by atoms with Crippen molar-refractivity contribution in [3.63, 3.8) is 0 Å². The van der Waals surface area contributed by atoms with Crippen molar-refractivity contribution >= 4 is 11.9 Å². The molecule has 3 unspecified atom stereocenters. The monoisotopic (exact) mass is 872 g/mol. The van der Waals surface area contributed by atoms with Gasteiger partial charge in [-0.15, -0.1) is 0 Å². The molecule has 0 aliphatic heterocycles. The Bertz CT molecular complexity index is 1020. The van der Waals surface area contributed by atoms with E-state index < -0.39 is 18.2 Å². The van der Waals surface area contributed by atoms with Crippen LogP contribution < -0.4 is 5.32 Å². The molecule has 364 valence electrons. The van der Waals surface area contributed by atoms with Gasteiger partial charge in [-0.05, 0) is 77.0 Å². The van der Waals surface area contributed by atoms with Crippen molar-refractivity contribution in [2.24, 2.45) is 0 Å². The molecule has 0 aromatic carbocycles. The lowest BCUT2D eigenvalue weighted by atomic mass is 10.0. The summed E-state index contributed by atoms with van der Waals surface area (Å²) in [6.45, 7) is 6.48. The number of nitrogens with one attached hydrogen (secondary N) is 1. The van der Waals surface area contributed by atoms with Crippen molar-refractivity contribution in [3.05, 3.63) is 36.5 Å². The first kappa shape index (κ1) is 60.1. The molecule has 0 saturated heterocycles. The highest BCUT2D eigenvalue weighted by atomic mass is 16.5. The van der Waals surface area contributed by atoms with E-state index in [0.717, 1.165) is 77.0 Å². The fourth-order valence-corrected chi connectivity index (χ4v) is 8.30. The lowest BCUT2D eigenvalue weighted by molar-refractivity contribution is -0.151. The number of esters is 1. The maximum atomic E-state index is 13.2. The van der Waals surface area contributed by atoms with Crippen molar-refractivity contribution in [1.82, 2.24) is 5.32 Å². The summed E-state index contributed by atoms with van der Waals surface area (Å²) in [6.07, 6.45) is 59.2. The van der Waals surface area contributed by atoms with E-state index in [4.69, 9.17) is 4.74 Å². The molecule has 1 amide bonds. The summed E-state index contributed by atoms with van der Waals surface area (Å²) in [5.74, 6) is -0.510. The highest BCUT2D eigenvalue weighted by Gasteiger charge is 2.24. The zero-order valence-corrected chi connectivity index (χ0v) is 41.5. The van der Waals surface area contributed by atoms with Crippen molar-refractivity contribution in [2.45, 2.75) is 302 Å². The molecule has 0 heterocycles. The number of amides is 1. The van der Waals surface area contributed by atoms with Gasteiger partial charge < -0.3 is 20.3 Å². The molecule has 6 heteroatoms. The van der Waals surface area contributed by atoms with Gasteiger partial charge in [0.2, 0.25) is 5.91 Å². The van der Waals surface area contributed by atoms with Crippen LogP contribution >= 0.6 is 0 Å². The van der Waals surface area contributed by atoms with Crippen LogP contribution in [0.4, 0.5) is 0 Å². The van der Waals surface area contributed by atoms with E-state index in [1.54, 1.807) is 0 Å². The second-order valence-electron chi connectivity index (χ2n) is 18.7. The molecule has 0 aromatic rings. The molecular formula is C56H105NO5. The van der Waals surface area contributed by atoms with Crippen LogP contribution in [0, 0.1) is 0 Å². The number of hydrogen-bond donors (Lipinski definition) is 3. The van der Waals surface area contributed by atoms with Gasteiger partial charge in [0.25, 0.3) is 0 Å². The molecular weight excluding hydrogens is 767 g/mol. The summed E-state index contributed by atoms with van der Waals surface area (Å²) >= 11 is 0.